The molecule has 7 heteroatoms. The van der Waals surface area contributed by atoms with E-state index in [1.165, 1.54) is 6.08 Å². The maximum Gasteiger partial charge on any atom is 0.226 e. The van der Waals surface area contributed by atoms with Crippen molar-refractivity contribution in [2.45, 2.75) is 0 Å². The summed E-state index contributed by atoms with van der Waals surface area (Å²) in [5.74, 6) is 0.524. The van der Waals surface area contributed by atoms with Crippen molar-refractivity contribution in [3.05, 3.63) is 72.1 Å². The highest BCUT2D eigenvalue weighted by Gasteiger charge is 2.21. The average molecular weight is 388 g/mol. The molecule has 7 nitrogen and oxygen atoms in total. The highest BCUT2D eigenvalue weighted by molar-refractivity contribution is 6.09. The number of hydrogen-bond acceptors (Lipinski definition) is 6. The molecule has 0 unspecified atom stereocenters. The summed E-state index contributed by atoms with van der Waals surface area (Å²) in [5, 5.41) is 4.10. The van der Waals surface area contributed by atoms with E-state index >= 15 is 0 Å². The maximum absolute atomic E-state index is 12.3. The zero-order chi connectivity index (χ0) is 19.6. The molecule has 1 aromatic carbocycles. The first-order valence-corrected chi connectivity index (χ1v) is 9.54. The van der Waals surface area contributed by atoms with Crippen LogP contribution in [0, 0.1) is 0 Å². The molecule has 0 atom stereocenters. The number of fused-ring (bicyclic) bond motifs is 1. The van der Waals surface area contributed by atoms with E-state index < -0.39 is 0 Å². The zero-order valence-corrected chi connectivity index (χ0v) is 15.7. The van der Waals surface area contributed by atoms with Crippen molar-refractivity contribution >= 4 is 34.3 Å². The van der Waals surface area contributed by atoms with Crippen LogP contribution in [0.15, 0.2) is 66.5 Å². The van der Waals surface area contributed by atoms with E-state index in [0.29, 0.717) is 5.88 Å². The predicted molar refractivity (Wildman–Crippen MR) is 111 cm³/mol. The van der Waals surface area contributed by atoms with Crippen LogP contribution in [0.4, 0.5) is 11.4 Å². The van der Waals surface area contributed by atoms with E-state index in [0.717, 1.165) is 54.3 Å². The minimum Gasteiger partial charge on any atom is -0.437 e. The zero-order valence-electron chi connectivity index (χ0n) is 15.7. The summed E-state index contributed by atoms with van der Waals surface area (Å²) in [6, 6.07) is 11.9. The van der Waals surface area contributed by atoms with Gasteiger partial charge >= 0.3 is 0 Å². The van der Waals surface area contributed by atoms with Gasteiger partial charge in [-0.05, 0) is 42.5 Å². The van der Waals surface area contributed by atoms with Crippen molar-refractivity contribution in [3.8, 4) is 0 Å². The van der Waals surface area contributed by atoms with Crippen LogP contribution in [0.2, 0.25) is 0 Å². The number of aromatic amines is 1. The van der Waals surface area contributed by atoms with Crippen LogP contribution in [-0.2, 0) is 14.3 Å². The van der Waals surface area contributed by atoms with Gasteiger partial charge in [0.25, 0.3) is 0 Å². The number of anilines is 2. The lowest BCUT2D eigenvalue weighted by molar-refractivity contribution is -0.112. The first-order chi connectivity index (χ1) is 14.3. The number of nitrogens with zero attached hydrogens (tertiary/aromatic N) is 2. The number of ether oxygens (including phenoxy) is 2. The standard InChI is InChI=1S/C22H20N4O3/c27-19-13-21(25-16-3-5-17(6-4-16)26-8-10-28-11-9-26)29-20(19)12-15-14-24-22-18(15)2-1-7-23-22/h1-7,12-14,25H,8-11H2,(H,23,24)/b20-12+. The Balaban J connectivity index is 1.28. The fourth-order valence-electron chi connectivity index (χ4n) is 3.51. The number of benzene rings is 1. The van der Waals surface area contributed by atoms with Gasteiger partial charge in [0.05, 0.1) is 19.3 Å². The Morgan fingerprint density at radius 3 is 2.79 bits per heavy atom. The van der Waals surface area contributed by atoms with Crippen molar-refractivity contribution < 1.29 is 14.3 Å². The molecule has 2 aliphatic heterocycles. The Labute approximate surface area is 167 Å². The topological polar surface area (TPSA) is 79.5 Å². The molecule has 2 N–H and O–H groups in total. The number of carbonyl (C=O) groups is 1. The van der Waals surface area contributed by atoms with Crippen LogP contribution in [0.1, 0.15) is 5.56 Å². The van der Waals surface area contributed by atoms with E-state index in [2.05, 4.69) is 32.3 Å². The fourth-order valence-corrected chi connectivity index (χ4v) is 3.51. The van der Waals surface area contributed by atoms with Crippen molar-refractivity contribution in [1.29, 1.82) is 0 Å². The molecule has 0 aliphatic carbocycles. The second-order valence-corrected chi connectivity index (χ2v) is 6.90. The third-order valence-corrected chi connectivity index (χ3v) is 5.01. The Bertz CT molecular complexity index is 1110. The quantitative estimate of drug-likeness (QED) is 0.668. The van der Waals surface area contributed by atoms with Gasteiger partial charge in [0, 0.05) is 47.8 Å². The third kappa shape index (κ3) is 3.60. The molecule has 0 amide bonds. The summed E-state index contributed by atoms with van der Waals surface area (Å²) in [5.41, 5.74) is 3.65. The SMILES string of the molecule is O=C1C=C(Nc2ccc(N3CCOCC3)cc2)O/C1=C/c1c[nH]c2ncccc12. The molecule has 29 heavy (non-hydrogen) atoms. The number of rotatable bonds is 4. The smallest absolute Gasteiger partial charge is 0.226 e. The molecule has 5 rings (SSSR count). The molecule has 4 heterocycles. The maximum atomic E-state index is 12.3. The first-order valence-electron chi connectivity index (χ1n) is 9.54. The lowest BCUT2D eigenvalue weighted by Crippen LogP contribution is -2.36. The molecule has 3 aromatic rings. The molecular formula is C22H20N4O3. The summed E-state index contributed by atoms with van der Waals surface area (Å²) >= 11 is 0. The van der Waals surface area contributed by atoms with Gasteiger partial charge < -0.3 is 24.7 Å². The number of pyridine rings is 1. The number of allylic oxidation sites excluding steroid dienone is 1. The van der Waals surface area contributed by atoms with Crippen LogP contribution < -0.4 is 10.2 Å². The molecule has 0 saturated carbocycles. The number of morpholine rings is 1. The summed E-state index contributed by atoms with van der Waals surface area (Å²) in [7, 11) is 0. The number of H-pyrrole nitrogens is 1. The highest BCUT2D eigenvalue weighted by atomic mass is 16.5. The van der Waals surface area contributed by atoms with E-state index in [1.807, 2.05) is 30.5 Å². The predicted octanol–water partition coefficient (Wildman–Crippen LogP) is 3.29. The van der Waals surface area contributed by atoms with Crippen LogP contribution in [-0.4, -0.2) is 42.1 Å². The van der Waals surface area contributed by atoms with E-state index in [9.17, 15) is 4.79 Å². The molecule has 0 bridgehead atoms. The van der Waals surface area contributed by atoms with Gasteiger partial charge in [-0.25, -0.2) is 4.98 Å². The van der Waals surface area contributed by atoms with Crippen LogP contribution >= 0.6 is 0 Å². The second kappa shape index (κ2) is 7.44. The van der Waals surface area contributed by atoms with Crippen LogP contribution in [0.5, 0.6) is 0 Å². The summed E-state index contributed by atoms with van der Waals surface area (Å²) in [6.07, 6.45) is 6.74. The monoisotopic (exact) mass is 388 g/mol. The molecule has 2 aromatic heterocycles. The highest BCUT2D eigenvalue weighted by Crippen LogP contribution is 2.26. The molecule has 1 saturated heterocycles. The van der Waals surface area contributed by atoms with Crippen LogP contribution in [0.3, 0.4) is 0 Å². The fraction of sp³-hybridized carbons (Fsp3) is 0.182. The van der Waals surface area contributed by atoms with E-state index in [1.54, 1.807) is 12.3 Å². The van der Waals surface area contributed by atoms with Gasteiger partial charge in [-0.3, -0.25) is 4.79 Å². The molecular weight excluding hydrogens is 368 g/mol. The normalized spacial score (nSPS) is 18.2. The minimum atomic E-state index is -0.171. The molecule has 146 valence electrons. The first kappa shape index (κ1) is 17.5. The number of aromatic nitrogens is 2. The summed E-state index contributed by atoms with van der Waals surface area (Å²) < 4.78 is 11.1. The number of hydrogen-bond donors (Lipinski definition) is 2. The molecule has 1 fully saturated rings. The van der Waals surface area contributed by atoms with Crippen molar-refractivity contribution in [2.75, 3.05) is 36.5 Å². The molecule has 2 aliphatic rings. The van der Waals surface area contributed by atoms with E-state index in [4.69, 9.17) is 9.47 Å². The summed E-state index contributed by atoms with van der Waals surface area (Å²) in [6.45, 7) is 3.30. The Hall–Kier alpha value is -3.58. The number of nitrogens with one attached hydrogen (secondary N) is 2. The number of carbonyl (C=O) groups excluding carboxylic acids is 1. The third-order valence-electron chi connectivity index (χ3n) is 5.01. The van der Waals surface area contributed by atoms with Gasteiger partial charge in [-0.15, -0.1) is 0 Å². The van der Waals surface area contributed by atoms with Crippen molar-refractivity contribution in [2.24, 2.45) is 0 Å². The van der Waals surface area contributed by atoms with Crippen molar-refractivity contribution in [3.63, 3.8) is 0 Å². The lowest BCUT2D eigenvalue weighted by Gasteiger charge is -2.28. The Morgan fingerprint density at radius 2 is 1.97 bits per heavy atom. The minimum absolute atomic E-state index is 0.171. The second-order valence-electron chi connectivity index (χ2n) is 6.90. The Kier molecular flexibility index (Phi) is 4.50. The van der Waals surface area contributed by atoms with Gasteiger partial charge in [0.15, 0.2) is 5.76 Å². The Morgan fingerprint density at radius 1 is 1.14 bits per heavy atom. The van der Waals surface area contributed by atoms with Gasteiger partial charge in [0.2, 0.25) is 11.7 Å². The lowest BCUT2D eigenvalue weighted by atomic mass is 10.2. The van der Waals surface area contributed by atoms with E-state index in [-0.39, 0.29) is 11.5 Å². The molecule has 0 spiro atoms. The molecule has 0 radical (unpaired) electrons. The van der Waals surface area contributed by atoms with Gasteiger partial charge in [-0.2, -0.15) is 0 Å². The van der Waals surface area contributed by atoms with Crippen molar-refractivity contribution in [1.82, 2.24) is 9.97 Å². The summed E-state index contributed by atoms with van der Waals surface area (Å²) in [4.78, 5) is 22.0. The largest absolute Gasteiger partial charge is 0.437 e. The van der Waals surface area contributed by atoms with Crippen LogP contribution in [0.25, 0.3) is 17.1 Å². The van der Waals surface area contributed by atoms with Gasteiger partial charge in [-0.1, -0.05) is 0 Å². The van der Waals surface area contributed by atoms with Gasteiger partial charge in [0.1, 0.15) is 5.65 Å². The average Bonchev–Trinajstić information content (AvgIpc) is 3.33. The number of ketones is 1.